The number of aryl methyl sites for hydroxylation is 1. The molecule has 0 unspecified atom stereocenters. The predicted octanol–water partition coefficient (Wildman–Crippen LogP) is 4.22. The first-order chi connectivity index (χ1) is 14.2. The van der Waals surface area contributed by atoms with Gasteiger partial charge in [-0.15, -0.1) is 11.3 Å². The Morgan fingerprint density at radius 2 is 1.90 bits per heavy atom. The van der Waals surface area contributed by atoms with E-state index in [-0.39, 0.29) is 24.8 Å². The molecule has 3 aromatic rings. The van der Waals surface area contributed by atoms with Crippen LogP contribution in [0.1, 0.15) is 32.9 Å². The van der Waals surface area contributed by atoms with E-state index in [9.17, 15) is 22.8 Å². The summed E-state index contributed by atoms with van der Waals surface area (Å²) in [7, 11) is 0. The molecule has 0 spiro atoms. The highest BCUT2D eigenvalue weighted by Crippen LogP contribution is 2.29. The van der Waals surface area contributed by atoms with Crippen LogP contribution in [-0.2, 0) is 23.8 Å². The van der Waals surface area contributed by atoms with E-state index in [0.717, 1.165) is 12.1 Å². The average molecular weight is 437 g/mol. The second kappa shape index (κ2) is 9.12. The summed E-state index contributed by atoms with van der Waals surface area (Å²) in [5.41, 5.74) is 0.903. The largest absolute Gasteiger partial charge is 0.469 e. The van der Waals surface area contributed by atoms with E-state index in [1.165, 1.54) is 29.7 Å². The highest BCUT2D eigenvalue weighted by atomic mass is 32.1. The van der Waals surface area contributed by atoms with E-state index in [1.54, 1.807) is 18.4 Å². The molecule has 2 heterocycles. The predicted molar refractivity (Wildman–Crippen MR) is 105 cm³/mol. The number of nitrogens with zero attached hydrogens (tertiary/aromatic N) is 1. The molecule has 0 aliphatic heterocycles. The van der Waals surface area contributed by atoms with Crippen molar-refractivity contribution in [3.63, 3.8) is 0 Å². The molecule has 2 N–H and O–H groups in total. The topological polar surface area (TPSA) is 84.2 Å². The number of halogens is 3. The third-order valence-corrected chi connectivity index (χ3v) is 5.04. The Morgan fingerprint density at radius 1 is 1.17 bits per heavy atom. The van der Waals surface area contributed by atoms with Crippen molar-refractivity contribution in [3.05, 3.63) is 70.1 Å². The van der Waals surface area contributed by atoms with Crippen molar-refractivity contribution < 1.29 is 27.2 Å². The number of benzene rings is 1. The molecular formula is C20H18F3N3O3S. The molecule has 0 atom stereocenters. The van der Waals surface area contributed by atoms with Crippen molar-refractivity contribution in [2.24, 2.45) is 0 Å². The fourth-order valence-electron chi connectivity index (χ4n) is 2.66. The quantitative estimate of drug-likeness (QED) is 0.580. The van der Waals surface area contributed by atoms with E-state index >= 15 is 0 Å². The summed E-state index contributed by atoms with van der Waals surface area (Å²) in [5, 5.41) is 7.41. The maximum absolute atomic E-state index is 12.6. The van der Waals surface area contributed by atoms with Gasteiger partial charge in [0, 0.05) is 11.9 Å². The van der Waals surface area contributed by atoms with Crippen LogP contribution in [-0.4, -0.2) is 23.3 Å². The molecule has 2 amide bonds. The van der Waals surface area contributed by atoms with E-state index in [0.29, 0.717) is 34.1 Å². The highest BCUT2D eigenvalue weighted by molar-refractivity contribution is 7.14. The number of hydrogen-bond donors (Lipinski definition) is 2. The summed E-state index contributed by atoms with van der Waals surface area (Å²) in [5.74, 6) is -0.115. The van der Waals surface area contributed by atoms with Crippen molar-refractivity contribution in [3.8, 4) is 0 Å². The zero-order valence-electron chi connectivity index (χ0n) is 15.9. The lowest BCUT2D eigenvalue weighted by Crippen LogP contribution is -2.27. The Balaban J connectivity index is 1.44. The molecule has 10 heteroatoms. The van der Waals surface area contributed by atoms with Gasteiger partial charge in [0.15, 0.2) is 5.13 Å². The molecule has 0 radical (unpaired) electrons. The van der Waals surface area contributed by atoms with E-state index < -0.39 is 11.7 Å². The number of nitrogens with one attached hydrogen (secondary N) is 2. The minimum Gasteiger partial charge on any atom is -0.469 e. The van der Waals surface area contributed by atoms with Gasteiger partial charge >= 0.3 is 6.18 Å². The van der Waals surface area contributed by atoms with Crippen LogP contribution in [0.25, 0.3) is 0 Å². The van der Waals surface area contributed by atoms with E-state index in [4.69, 9.17) is 4.42 Å². The fourth-order valence-corrected chi connectivity index (χ4v) is 3.37. The van der Waals surface area contributed by atoms with Crippen LogP contribution in [0.3, 0.4) is 0 Å². The molecule has 1 aromatic carbocycles. The highest BCUT2D eigenvalue weighted by Gasteiger charge is 2.29. The van der Waals surface area contributed by atoms with Crippen LogP contribution < -0.4 is 10.6 Å². The number of furan rings is 1. The van der Waals surface area contributed by atoms with Crippen LogP contribution >= 0.6 is 11.3 Å². The molecule has 0 fully saturated rings. The van der Waals surface area contributed by atoms with Gasteiger partial charge in [-0.25, -0.2) is 4.98 Å². The van der Waals surface area contributed by atoms with Crippen LogP contribution in [0.2, 0.25) is 0 Å². The lowest BCUT2D eigenvalue weighted by Gasteiger charge is -2.08. The Kier molecular flexibility index (Phi) is 6.56. The summed E-state index contributed by atoms with van der Waals surface area (Å²) in [6.07, 6.45) is -2.50. The molecule has 3 rings (SSSR count). The summed E-state index contributed by atoms with van der Waals surface area (Å²) >= 11 is 1.20. The fraction of sp³-hybridized carbons (Fsp3) is 0.250. The third-order valence-electron chi connectivity index (χ3n) is 4.23. The van der Waals surface area contributed by atoms with Crippen molar-refractivity contribution in [1.29, 1.82) is 0 Å². The number of rotatable bonds is 7. The summed E-state index contributed by atoms with van der Waals surface area (Å²) in [6, 6.07) is 6.39. The zero-order valence-corrected chi connectivity index (χ0v) is 16.7. The van der Waals surface area contributed by atoms with E-state index in [1.807, 2.05) is 0 Å². The first kappa shape index (κ1) is 21.6. The maximum Gasteiger partial charge on any atom is 0.416 e. The molecule has 0 aliphatic carbocycles. The van der Waals surface area contributed by atoms with Gasteiger partial charge in [0.05, 0.1) is 29.5 Å². The molecule has 30 heavy (non-hydrogen) atoms. The van der Waals surface area contributed by atoms with Gasteiger partial charge < -0.3 is 9.73 Å². The Hall–Kier alpha value is -3.14. The lowest BCUT2D eigenvalue weighted by molar-refractivity contribution is -0.137. The van der Waals surface area contributed by atoms with Crippen LogP contribution in [0.5, 0.6) is 0 Å². The normalized spacial score (nSPS) is 11.3. The molecule has 0 bridgehead atoms. The SMILES string of the molecule is Cc1occc1C(=O)Nc1nc(CC(=O)NCCc2ccc(C(F)(F)F)cc2)cs1. The van der Waals surface area contributed by atoms with E-state index in [2.05, 4.69) is 15.6 Å². The van der Waals surface area contributed by atoms with Crippen molar-refractivity contribution in [2.75, 3.05) is 11.9 Å². The monoisotopic (exact) mass is 437 g/mol. The van der Waals surface area contributed by atoms with Gasteiger partial charge in [-0.05, 0) is 37.1 Å². The van der Waals surface area contributed by atoms with Crippen molar-refractivity contribution in [1.82, 2.24) is 10.3 Å². The van der Waals surface area contributed by atoms with Gasteiger partial charge in [0.1, 0.15) is 5.76 Å². The van der Waals surface area contributed by atoms with Crippen molar-refractivity contribution >= 4 is 28.3 Å². The first-order valence-corrected chi connectivity index (χ1v) is 9.83. The Bertz CT molecular complexity index is 1030. The first-order valence-electron chi connectivity index (χ1n) is 8.95. The zero-order chi connectivity index (χ0) is 21.7. The van der Waals surface area contributed by atoms with Crippen LogP contribution in [0, 0.1) is 6.92 Å². The maximum atomic E-state index is 12.6. The number of carbonyl (C=O) groups excluding carboxylic acids is 2. The molecule has 0 aliphatic rings. The van der Waals surface area contributed by atoms with Gasteiger partial charge in [-0.2, -0.15) is 13.2 Å². The number of alkyl halides is 3. The minimum absolute atomic E-state index is 0.0319. The number of amides is 2. The molecule has 158 valence electrons. The summed E-state index contributed by atoms with van der Waals surface area (Å²) < 4.78 is 42.8. The van der Waals surface area contributed by atoms with Gasteiger partial charge in [-0.1, -0.05) is 12.1 Å². The molecule has 0 saturated heterocycles. The number of carbonyl (C=O) groups is 2. The van der Waals surface area contributed by atoms with Gasteiger partial charge in [0.25, 0.3) is 5.91 Å². The number of aromatic nitrogens is 1. The molecule has 2 aromatic heterocycles. The summed E-state index contributed by atoms with van der Waals surface area (Å²) in [6.45, 7) is 1.97. The Morgan fingerprint density at radius 3 is 2.53 bits per heavy atom. The van der Waals surface area contributed by atoms with Gasteiger partial charge in [0.2, 0.25) is 5.91 Å². The van der Waals surface area contributed by atoms with Crippen molar-refractivity contribution in [2.45, 2.75) is 25.9 Å². The second-order valence-corrected chi connectivity index (χ2v) is 7.32. The summed E-state index contributed by atoms with van der Waals surface area (Å²) in [4.78, 5) is 28.4. The van der Waals surface area contributed by atoms with Crippen LogP contribution in [0.15, 0.2) is 46.4 Å². The number of hydrogen-bond acceptors (Lipinski definition) is 5. The third kappa shape index (κ3) is 5.69. The smallest absolute Gasteiger partial charge is 0.416 e. The average Bonchev–Trinajstić information content (AvgIpc) is 3.30. The number of anilines is 1. The van der Waals surface area contributed by atoms with Crippen LogP contribution in [0.4, 0.5) is 18.3 Å². The molecule has 0 saturated carbocycles. The molecular weight excluding hydrogens is 419 g/mol. The minimum atomic E-state index is -4.37. The molecule has 6 nitrogen and oxygen atoms in total. The second-order valence-electron chi connectivity index (χ2n) is 6.46. The lowest BCUT2D eigenvalue weighted by atomic mass is 10.1. The number of thiazole rings is 1. The Labute approximate surface area is 174 Å². The standard InChI is InChI=1S/C20H18F3N3O3S/c1-12-16(7-9-29-12)18(28)26-19-25-15(11-30-19)10-17(27)24-8-6-13-2-4-14(5-3-13)20(21,22)23/h2-5,7,9,11H,6,8,10H2,1H3,(H,24,27)(H,25,26,28). The van der Waals surface area contributed by atoms with Gasteiger partial charge in [-0.3, -0.25) is 14.9 Å².